The first-order valence-electron chi connectivity index (χ1n) is 4.15. The smallest absolute Gasteiger partial charge is 0.205 e. The van der Waals surface area contributed by atoms with Crippen LogP contribution < -0.4 is 0 Å². The second kappa shape index (κ2) is 3.54. The van der Waals surface area contributed by atoms with Crippen molar-refractivity contribution >= 4 is 22.4 Å². The highest BCUT2D eigenvalue weighted by molar-refractivity contribution is 6.32. The molecular weight excluding hydrogens is 206 g/mol. The van der Waals surface area contributed by atoms with Crippen molar-refractivity contribution in [1.29, 1.82) is 0 Å². The van der Waals surface area contributed by atoms with Crippen LogP contribution in [-0.2, 0) is 0 Å². The van der Waals surface area contributed by atoms with E-state index >= 15 is 0 Å². The van der Waals surface area contributed by atoms with E-state index in [0.717, 1.165) is 5.39 Å². The summed E-state index contributed by atoms with van der Waals surface area (Å²) in [5, 5.41) is 1.43. The second-order valence-corrected chi connectivity index (χ2v) is 3.39. The molecule has 2 rings (SSSR count). The topological polar surface area (TPSA) is 0 Å². The van der Waals surface area contributed by atoms with Crippen LogP contribution in [0.15, 0.2) is 36.4 Å². The number of fused-ring (bicyclic) bond motifs is 1. The zero-order valence-electron chi connectivity index (χ0n) is 7.18. The van der Waals surface area contributed by atoms with Gasteiger partial charge in [0.15, 0.2) is 0 Å². The SMILES string of the molecule is FC(F)c1c(Cl)ccc2ccccc12. The van der Waals surface area contributed by atoms with Crippen LogP contribution in [0.2, 0.25) is 5.02 Å². The molecule has 0 heterocycles. The van der Waals surface area contributed by atoms with Crippen molar-refractivity contribution in [1.82, 2.24) is 0 Å². The second-order valence-electron chi connectivity index (χ2n) is 2.98. The highest BCUT2D eigenvalue weighted by atomic mass is 35.5. The summed E-state index contributed by atoms with van der Waals surface area (Å²) in [6, 6.07) is 10.2. The lowest BCUT2D eigenvalue weighted by Crippen LogP contribution is -1.88. The fourth-order valence-electron chi connectivity index (χ4n) is 1.49. The van der Waals surface area contributed by atoms with Crippen molar-refractivity contribution in [3.63, 3.8) is 0 Å². The molecule has 2 aromatic carbocycles. The number of alkyl halides is 2. The lowest BCUT2D eigenvalue weighted by molar-refractivity contribution is 0.153. The summed E-state index contributed by atoms with van der Waals surface area (Å²) in [6.45, 7) is 0. The molecule has 0 atom stereocenters. The van der Waals surface area contributed by atoms with Gasteiger partial charge in [0, 0.05) is 5.56 Å². The summed E-state index contributed by atoms with van der Waals surface area (Å²) in [5.74, 6) is 0. The predicted octanol–water partition coefficient (Wildman–Crippen LogP) is 4.43. The van der Waals surface area contributed by atoms with Crippen LogP contribution in [0.5, 0.6) is 0 Å². The third-order valence-electron chi connectivity index (χ3n) is 2.14. The van der Waals surface area contributed by atoms with Gasteiger partial charge in [0.05, 0.1) is 5.02 Å². The van der Waals surface area contributed by atoms with Crippen LogP contribution in [-0.4, -0.2) is 0 Å². The molecule has 3 heteroatoms. The fraction of sp³-hybridized carbons (Fsp3) is 0.0909. The van der Waals surface area contributed by atoms with E-state index in [1.807, 2.05) is 6.07 Å². The van der Waals surface area contributed by atoms with E-state index in [0.29, 0.717) is 5.39 Å². The Bertz CT molecular complexity index is 466. The van der Waals surface area contributed by atoms with E-state index in [4.69, 9.17) is 11.6 Å². The standard InChI is InChI=1S/C11H7ClF2/c12-9-6-5-7-3-1-2-4-8(7)10(9)11(13)14/h1-6,11H. The van der Waals surface area contributed by atoms with Crippen LogP contribution in [0, 0.1) is 0 Å². The first-order valence-corrected chi connectivity index (χ1v) is 4.53. The van der Waals surface area contributed by atoms with Crippen molar-refractivity contribution < 1.29 is 8.78 Å². The van der Waals surface area contributed by atoms with Gasteiger partial charge in [-0.05, 0) is 16.8 Å². The van der Waals surface area contributed by atoms with E-state index in [1.54, 1.807) is 24.3 Å². The van der Waals surface area contributed by atoms with Gasteiger partial charge in [-0.3, -0.25) is 0 Å². The Morgan fingerprint density at radius 1 is 1.00 bits per heavy atom. The number of rotatable bonds is 1. The Morgan fingerprint density at radius 3 is 2.43 bits per heavy atom. The molecule has 0 N–H and O–H groups in total. The number of halogens is 3. The Morgan fingerprint density at radius 2 is 1.71 bits per heavy atom. The normalized spacial score (nSPS) is 11.1. The van der Waals surface area contributed by atoms with Crippen molar-refractivity contribution in [3.05, 3.63) is 47.0 Å². The van der Waals surface area contributed by atoms with Crippen LogP contribution >= 0.6 is 11.6 Å². The Balaban J connectivity index is 2.83. The lowest BCUT2D eigenvalue weighted by atomic mass is 10.1. The van der Waals surface area contributed by atoms with Gasteiger partial charge in [-0.25, -0.2) is 8.78 Å². The molecule has 0 unspecified atom stereocenters. The van der Waals surface area contributed by atoms with Crippen LogP contribution in [0.4, 0.5) is 8.78 Å². The molecule has 0 fully saturated rings. The van der Waals surface area contributed by atoms with Gasteiger partial charge in [0.25, 0.3) is 6.43 Å². The van der Waals surface area contributed by atoms with Crippen molar-refractivity contribution in [2.45, 2.75) is 6.43 Å². The summed E-state index contributed by atoms with van der Waals surface area (Å²) in [6.07, 6.45) is -2.53. The molecule has 72 valence electrons. The molecule has 0 aromatic heterocycles. The number of hydrogen-bond donors (Lipinski definition) is 0. The minimum atomic E-state index is -2.53. The molecule has 0 saturated heterocycles. The molecule has 0 spiro atoms. The van der Waals surface area contributed by atoms with E-state index in [9.17, 15) is 8.78 Å². The van der Waals surface area contributed by atoms with Crippen LogP contribution in [0.3, 0.4) is 0 Å². The molecule has 0 aliphatic heterocycles. The lowest BCUT2D eigenvalue weighted by Gasteiger charge is -2.07. The Labute approximate surface area is 85.1 Å². The van der Waals surface area contributed by atoms with E-state index in [2.05, 4.69) is 0 Å². The van der Waals surface area contributed by atoms with Crippen molar-refractivity contribution in [2.75, 3.05) is 0 Å². The zero-order valence-corrected chi connectivity index (χ0v) is 7.93. The summed E-state index contributed by atoms with van der Waals surface area (Å²) in [5.41, 5.74) is -0.0789. The van der Waals surface area contributed by atoms with Gasteiger partial charge in [-0.1, -0.05) is 41.9 Å². The molecular formula is C11H7ClF2. The van der Waals surface area contributed by atoms with Crippen LogP contribution in [0.1, 0.15) is 12.0 Å². The van der Waals surface area contributed by atoms with Gasteiger partial charge < -0.3 is 0 Å². The molecule has 0 aliphatic rings. The maximum absolute atomic E-state index is 12.7. The Hall–Kier alpha value is -1.15. The summed E-state index contributed by atoms with van der Waals surface area (Å²) in [4.78, 5) is 0. The monoisotopic (exact) mass is 212 g/mol. The Kier molecular flexibility index (Phi) is 2.38. The molecule has 2 aromatic rings. The molecule has 0 saturated carbocycles. The zero-order chi connectivity index (χ0) is 10.1. The minimum Gasteiger partial charge on any atom is -0.205 e. The molecule has 0 bridgehead atoms. The maximum Gasteiger partial charge on any atom is 0.265 e. The first-order chi connectivity index (χ1) is 6.70. The molecule has 0 nitrogen and oxygen atoms in total. The van der Waals surface area contributed by atoms with Gasteiger partial charge in [0.1, 0.15) is 0 Å². The quantitative estimate of drug-likeness (QED) is 0.656. The predicted molar refractivity (Wildman–Crippen MR) is 53.9 cm³/mol. The molecule has 0 aliphatic carbocycles. The van der Waals surface area contributed by atoms with Gasteiger partial charge in [0.2, 0.25) is 0 Å². The van der Waals surface area contributed by atoms with E-state index in [-0.39, 0.29) is 10.6 Å². The highest BCUT2D eigenvalue weighted by Gasteiger charge is 2.14. The summed E-state index contributed by atoms with van der Waals surface area (Å²) < 4.78 is 25.3. The highest BCUT2D eigenvalue weighted by Crippen LogP contribution is 2.33. The van der Waals surface area contributed by atoms with E-state index in [1.165, 1.54) is 6.07 Å². The molecule has 0 radical (unpaired) electrons. The number of hydrogen-bond acceptors (Lipinski definition) is 0. The fourth-order valence-corrected chi connectivity index (χ4v) is 1.74. The summed E-state index contributed by atoms with van der Waals surface area (Å²) in [7, 11) is 0. The molecule has 14 heavy (non-hydrogen) atoms. The average molecular weight is 213 g/mol. The van der Waals surface area contributed by atoms with E-state index < -0.39 is 6.43 Å². The minimum absolute atomic E-state index is 0.0789. The van der Waals surface area contributed by atoms with Crippen molar-refractivity contribution in [3.8, 4) is 0 Å². The van der Waals surface area contributed by atoms with Gasteiger partial charge >= 0.3 is 0 Å². The summed E-state index contributed by atoms with van der Waals surface area (Å²) >= 11 is 5.72. The number of benzene rings is 2. The third-order valence-corrected chi connectivity index (χ3v) is 2.47. The maximum atomic E-state index is 12.7. The van der Waals surface area contributed by atoms with Gasteiger partial charge in [-0.15, -0.1) is 0 Å². The largest absolute Gasteiger partial charge is 0.265 e. The average Bonchev–Trinajstić information content (AvgIpc) is 2.17. The van der Waals surface area contributed by atoms with Crippen molar-refractivity contribution in [2.24, 2.45) is 0 Å². The van der Waals surface area contributed by atoms with Crippen LogP contribution in [0.25, 0.3) is 10.8 Å². The van der Waals surface area contributed by atoms with Gasteiger partial charge in [-0.2, -0.15) is 0 Å². The third kappa shape index (κ3) is 1.46. The first kappa shape index (κ1) is 9.41. The molecule has 0 amide bonds.